The van der Waals surface area contributed by atoms with E-state index < -0.39 is 5.91 Å². The third-order valence-corrected chi connectivity index (χ3v) is 4.42. The quantitative estimate of drug-likeness (QED) is 0.847. The molecule has 2 amide bonds. The lowest BCUT2D eigenvalue weighted by Crippen LogP contribution is -2.41. The highest BCUT2D eigenvalue weighted by Gasteiger charge is 2.23. The van der Waals surface area contributed by atoms with Crippen LogP contribution in [0.15, 0.2) is 52.8 Å². The van der Waals surface area contributed by atoms with Crippen molar-refractivity contribution in [3.63, 3.8) is 0 Å². The minimum Gasteiger partial charge on any atom is -0.459 e. The van der Waals surface area contributed by atoms with Gasteiger partial charge in [-0.1, -0.05) is 29.8 Å². The summed E-state index contributed by atoms with van der Waals surface area (Å²) in [5.74, 6) is -0.523. The third kappa shape index (κ3) is 4.31. The normalized spacial score (nSPS) is 15.1. The van der Waals surface area contributed by atoms with Crippen molar-refractivity contribution in [2.45, 2.75) is 19.3 Å². The van der Waals surface area contributed by atoms with Crippen LogP contribution in [0.25, 0.3) is 6.08 Å². The summed E-state index contributed by atoms with van der Waals surface area (Å²) >= 11 is 6.19. The van der Waals surface area contributed by atoms with Crippen molar-refractivity contribution in [1.82, 2.24) is 10.2 Å². The van der Waals surface area contributed by atoms with Crippen LogP contribution < -0.4 is 5.32 Å². The van der Waals surface area contributed by atoms with E-state index in [0.29, 0.717) is 23.7 Å². The number of carbonyl (C=O) groups excluding carboxylic acids is 2. The molecular weight excluding hydrogens is 340 g/mol. The number of benzene rings is 1. The monoisotopic (exact) mass is 358 g/mol. The van der Waals surface area contributed by atoms with Gasteiger partial charge in [0.25, 0.3) is 11.8 Å². The van der Waals surface area contributed by atoms with Gasteiger partial charge in [-0.25, -0.2) is 0 Å². The Kier molecular flexibility index (Phi) is 5.56. The van der Waals surface area contributed by atoms with Gasteiger partial charge < -0.3 is 14.6 Å². The van der Waals surface area contributed by atoms with Gasteiger partial charge in [-0.2, -0.15) is 0 Å². The molecule has 1 N–H and O–H groups in total. The van der Waals surface area contributed by atoms with E-state index >= 15 is 0 Å². The number of nitrogens with one attached hydrogen (secondary N) is 1. The third-order valence-electron chi connectivity index (χ3n) is 4.07. The summed E-state index contributed by atoms with van der Waals surface area (Å²) in [6.45, 7) is 1.38. The number of hydrogen-bond acceptors (Lipinski definition) is 3. The first kappa shape index (κ1) is 17.3. The van der Waals surface area contributed by atoms with Crippen LogP contribution >= 0.6 is 11.6 Å². The van der Waals surface area contributed by atoms with Gasteiger partial charge in [0.2, 0.25) is 0 Å². The van der Waals surface area contributed by atoms with Crippen molar-refractivity contribution in [3.05, 3.63) is 64.7 Å². The van der Waals surface area contributed by atoms with E-state index in [4.69, 9.17) is 16.0 Å². The number of piperidine rings is 1. The Morgan fingerprint density at radius 2 is 1.84 bits per heavy atom. The first-order valence-electron chi connectivity index (χ1n) is 8.25. The van der Waals surface area contributed by atoms with E-state index in [1.807, 2.05) is 12.1 Å². The molecular formula is C19H19ClN2O3. The highest BCUT2D eigenvalue weighted by atomic mass is 35.5. The second-order valence-corrected chi connectivity index (χ2v) is 6.27. The first-order valence-corrected chi connectivity index (χ1v) is 8.63. The lowest BCUT2D eigenvalue weighted by molar-refractivity contribution is -0.128. The number of halogens is 1. The average molecular weight is 359 g/mol. The maximum atomic E-state index is 12.9. The zero-order valence-electron chi connectivity index (χ0n) is 13.7. The Hall–Kier alpha value is -2.53. The molecule has 25 heavy (non-hydrogen) atoms. The molecule has 2 heterocycles. The lowest BCUT2D eigenvalue weighted by atomic mass is 10.1. The second kappa shape index (κ2) is 8.03. The van der Waals surface area contributed by atoms with E-state index in [2.05, 4.69) is 5.32 Å². The van der Waals surface area contributed by atoms with Crippen LogP contribution in [0.5, 0.6) is 0 Å². The van der Waals surface area contributed by atoms with Gasteiger partial charge in [-0.15, -0.1) is 0 Å². The van der Waals surface area contributed by atoms with Crippen molar-refractivity contribution in [2.75, 3.05) is 13.1 Å². The van der Waals surface area contributed by atoms with Gasteiger partial charge in [0.05, 0.1) is 6.26 Å². The SMILES string of the molecule is O=C(N/C(=C\c1ccccc1Cl)C(=O)N1CCCCC1)c1ccco1. The smallest absolute Gasteiger partial charge is 0.291 e. The molecule has 5 nitrogen and oxygen atoms in total. The molecule has 1 aromatic heterocycles. The van der Waals surface area contributed by atoms with E-state index in [1.165, 1.54) is 6.26 Å². The topological polar surface area (TPSA) is 62.6 Å². The van der Waals surface area contributed by atoms with Crippen LogP contribution in [0.1, 0.15) is 35.4 Å². The summed E-state index contributed by atoms with van der Waals surface area (Å²) in [6, 6.07) is 10.4. The number of nitrogens with zero attached hydrogens (tertiary/aromatic N) is 1. The zero-order chi connectivity index (χ0) is 17.6. The van der Waals surface area contributed by atoms with Crippen molar-refractivity contribution in [1.29, 1.82) is 0 Å². The number of amides is 2. The molecule has 0 saturated carbocycles. The van der Waals surface area contributed by atoms with Gasteiger partial charge in [0.1, 0.15) is 5.70 Å². The molecule has 3 rings (SSSR count). The van der Waals surface area contributed by atoms with E-state index in [9.17, 15) is 9.59 Å². The minimum absolute atomic E-state index is 0.150. The van der Waals surface area contributed by atoms with Crippen LogP contribution in [0.2, 0.25) is 5.02 Å². The molecule has 0 aliphatic carbocycles. The number of carbonyl (C=O) groups is 2. The summed E-state index contributed by atoms with van der Waals surface area (Å²) < 4.78 is 5.11. The summed E-state index contributed by atoms with van der Waals surface area (Å²) in [7, 11) is 0. The fourth-order valence-electron chi connectivity index (χ4n) is 2.76. The summed E-state index contributed by atoms with van der Waals surface area (Å²) in [6.07, 6.45) is 6.08. The molecule has 0 unspecified atom stereocenters. The molecule has 6 heteroatoms. The van der Waals surface area contributed by atoms with Crippen molar-refractivity contribution >= 4 is 29.5 Å². The van der Waals surface area contributed by atoms with E-state index in [-0.39, 0.29) is 17.4 Å². The maximum Gasteiger partial charge on any atom is 0.291 e. The zero-order valence-corrected chi connectivity index (χ0v) is 14.5. The predicted octanol–water partition coefficient (Wildman–Crippen LogP) is 3.72. The average Bonchev–Trinajstić information content (AvgIpc) is 3.18. The molecule has 0 atom stereocenters. The molecule has 1 aliphatic heterocycles. The largest absolute Gasteiger partial charge is 0.459 e. The van der Waals surface area contributed by atoms with E-state index in [0.717, 1.165) is 19.3 Å². The van der Waals surface area contributed by atoms with Gasteiger partial charge in [0.15, 0.2) is 5.76 Å². The van der Waals surface area contributed by atoms with Crippen LogP contribution in [-0.4, -0.2) is 29.8 Å². The molecule has 130 valence electrons. The van der Waals surface area contributed by atoms with Crippen LogP contribution in [-0.2, 0) is 4.79 Å². The van der Waals surface area contributed by atoms with Crippen molar-refractivity contribution in [2.24, 2.45) is 0 Å². The molecule has 2 aromatic rings. The van der Waals surface area contributed by atoms with E-state index in [1.54, 1.807) is 35.2 Å². The number of rotatable bonds is 4. The minimum atomic E-state index is -0.464. The number of hydrogen-bond donors (Lipinski definition) is 1. The highest BCUT2D eigenvalue weighted by Crippen LogP contribution is 2.19. The Balaban J connectivity index is 1.88. The number of likely N-dealkylation sites (tertiary alicyclic amines) is 1. The Morgan fingerprint density at radius 1 is 1.08 bits per heavy atom. The summed E-state index contributed by atoms with van der Waals surface area (Å²) in [5.41, 5.74) is 0.862. The summed E-state index contributed by atoms with van der Waals surface area (Å²) in [4.78, 5) is 27.0. The molecule has 0 radical (unpaired) electrons. The molecule has 1 saturated heterocycles. The number of furan rings is 1. The van der Waals surface area contributed by atoms with Gasteiger partial charge in [-0.05, 0) is 49.1 Å². The van der Waals surface area contributed by atoms with Crippen LogP contribution in [0.4, 0.5) is 0 Å². The molecule has 0 bridgehead atoms. The molecule has 1 fully saturated rings. The Labute approximate surface area is 151 Å². The fourth-order valence-corrected chi connectivity index (χ4v) is 2.95. The molecule has 1 aliphatic rings. The molecule has 1 aromatic carbocycles. The van der Waals surface area contributed by atoms with Gasteiger partial charge in [0, 0.05) is 18.1 Å². The summed E-state index contributed by atoms with van der Waals surface area (Å²) in [5, 5.41) is 3.18. The Bertz CT molecular complexity index is 778. The fraction of sp³-hybridized carbons (Fsp3) is 0.263. The highest BCUT2D eigenvalue weighted by molar-refractivity contribution is 6.32. The van der Waals surface area contributed by atoms with Gasteiger partial charge in [-0.3, -0.25) is 9.59 Å². The standard InChI is InChI=1S/C19H19ClN2O3/c20-15-8-3-2-7-14(15)13-16(19(24)22-10-4-1-5-11-22)21-18(23)17-9-6-12-25-17/h2-3,6-9,12-13H,1,4-5,10-11H2,(H,21,23)/b16-13-. The first-order chi connectivity index (χ1) is 12.1. The van der Waals surface area contributed by atoms with Crippen molar-refractivity contribution in [3.8, 4) is 0 Å². The van der Waals surface area contributed by atoms with Crippen LogP contribution in [0.3, 0.4) is 0 Å². The maximum absolute atomic E-state index is 12.9. The molecule has 0 spiro atoms. The second-order valence-electron chi connectivity index (χ2n) is 5.86. The van der Waals surface area contributed by atoms with Crippen molar-refractivity contribution < 1.29 is 14.0 Å². The van der Waals surface area contributed by atoms with Crippen LogP contribution in [0, 0.1) is 0 Å². The lowest BCUT2D eigenvalue weighted by Gasteiger charge is -2.27. The van der Waals surface area contributed by atoms with Gasteiger partial charge >= 0.3 is 0 Å². The Morgan fingerprint density at radius 3 is 2.52 bits per heavy atom. The predicted molar refractivity (Wildman–Crippen MR) is 96.0 cm³/mol.